The van der Waals surface area contributed by atoms with Crippen LogP contribution in [0.25, 0.3) is 5.70 Å². The number of halogens is 1. The van der Waals surface area contributed by atoms with Crippen molar-refractivity contribution in [3.63, 3.8) is 0 Å². The van der Waals surface area contributed by atoms with Crippen molar-refractivity contribution in [2.75, 3.05) is 38.0 Å². The van der Waals surface area contributed by atoms with E-state index in [0.29, 0.717) is 60.8 Å². The molecule has 0 saturated carbocycles. The Morgan fingerprint density at radius 2 is 1.81 bits per heavy atom. The molecule has 5 N–H and O–H groups in total. The Kier molecular flexibility index (Phi) is 6.70. The third-order valence-electron chi connectivity index (χ3n) is 7.08. The number of anilines is 2. The molecule has 3 heterocycles. The monoisotopic (exact) mass is 507 g/mol. The van der Waals surface area contributed by atoms with E-state index in [1.54, 1.807) is 24.3 Å². The predicted octanol–water partition coefficient (Wildman–Crippen LogP) is 3.19. The summed E-state index contributed by atoms with van der Waals surface area (Å²) in [7, 11) is 0. The summed E-state index contributed by atoms with van der Waals surface area (Å²) in [6, 6.07) is 14.6. The highest BCUT2D eigenvalue weighted by molar-refractivity contribution is 6.30. The van der Waals surface area contributed by atoms with Gasteiger partial charge in [-0.05, 0) is 61.3 Å². The molecule has 0 atom stereocenters. The predicted molar refractivity (Wildman–Crippen MR) is 140 cm³/mol. The molecule has 2 saturated heterocycles. The van der Waals surface area contributed by atoms with Crippen molar-refractivity contribution in [3.8, 4) is 0 Å². The van der Waals surface area contributed by atoms with E-state index in [4.69, 9.17) is 17.3 Å². The van der Waals surface area contributed by atoms with Crippen LogP contribution in [0.3, 0.4) is 0 Å². The van der Waals surface area contributed by atoms with E-state index in [-0.39, 0.29) is 5.91 Å². The van der Waals surface area contributed by atoms with E-state index in [9.17, 15) is 9.90 Å². The van der Waals surface area contributed by atoms with Gasteiger partial charge in [0.25, 0.3) is 5.91 Å². The lowest BCUT2D eigenvalue weighted by atomic mass is 9.84. The van der Waals surface area contributed by atoms with Crippen LogP contribution in [0.5, 0.6) is 0 Å². The van der Waals surface area contributed by atoms with Gasteiger partial charge < -0.3 is 26.0 Å². The van der Waals surface area contributed by atoms with Gasteiger partial charge in [0.15, 0.2) is 5.82 Å². The molecule has 188 valence electrons. The van der Waals surface area contributed by atoms with E-state index >= 15 is 0 Å². The fourth-order valence-electron chi connectivity index (χ4n) is 4.68. The highest BCUT2D eigenvalue weighted by atomic mass is 35.5. The zero-order valence-corrected chi connectivity index (χ0v) is 20.7. The second-order valence-electron chi connectivity index (χ2n) is 9.49. The van der Waals surface area contributed by atoms with Crippen molar-refractivity contribution < 1.29 is 9.90 Å². The molecule has 2 aliphatic rings. The minimum Gasteiger partial charge on any atom is -0.385 e. The number of hydrogen-bond acceptors (Lipinski definition) is 7. The molecule has 5 rings (SSSR count). The Bertz CT molecular complexity index is 1230. The first-order valence-electron chi connectivity index (χ1n) is 12.1. The molecule has 9 nitrogen and oxygen atoms in total. The number of amides is 1. The summed E-state index contributed by atoms with van der Waals surface area (Å²) in [5.74, 6) is 1.40. The van der Waals surface area contributed by atoms with Crippen LogP contribution >= 0.6 is 11.6 Å². The van der Waals surface area contributed by atoms with Crippen molar-refractivity contribution in [1.82, 2.24) is 25.0 Å². The average Bonchev–Trinajstić information content (AvgIpc) is 3.32. The fraction of sp³-hybridized carbons (Fsp3) is 0.346. The SMILES string of the molecule is C=C(c1nc(Nc2ccc(C(=O)N3CC(CN)C3)cc2)n[nH]1)N1CCC(O)(c2ccc(Cl)cc2)CC1. The summed E-state index contributed by atoms with van der Waals surface area (Å²) in [5, 5.41) is 22.1. The molecular formula is C26H30ClN7O2. The number of carbonyl (C=O) groups excluding carboxylic acids is 1. The zero-order valence-electron chi connectivity index (χ0n) is 20.0. The number of benzene rings is 2. The van der Waals surface area contributed by atoms with E-state index in [1.165, 1.54) is 0 Å². The van der Waals surface area contributed by atoms with Gasteiger partial charge in [0.1, 0.15) is 0 Å². The molecular weight excluding hydrogens is 478 g/mol. The third kappa shape index (κ3) is 4.95. The van der Waals surface area contributed by atoms with Gasteiger partial charge in [0.2, 0.25) is 5.95 Å². The van der Waals surface area contributed by atoms with Gasteiger partial charge >= 0.3 is 0 Å². The summed E-state index contributed by atoms with van der Waals surface area (Å²) in [6.07, 6.45) is 1.14. The smallest absolute Gasteiger partial charge is 0.253 e. The molecule has 0 radical (unpaired) electrons. The standard InChI is InChI=1S/C26H30ClN7O2/c1-17(33-12-10-26(36,11-13-33)20-4-6-21(27)7-5-20)23-30-25(32-31-23)29-22-8-2-19(3-9-22)24(35)34-15-18(14-28)16-34/h2-9,18,36H,1,10-16,28H2,(H2,29,30,31,32). The summed E-state index contributed by atoms with van der Waals surface area (Å²) in [4.78, 5) is 21.0. The van der Waals surface area contributed by atoms with Gasteiger partial charge in [-0.2, -0.15) is 4.98 Å². The van der Waals surface area contributed by atoms with Crippen molar-refractivity contribution in [2.45, 2.75) is 18.4 Å². The molecule has 10 heteroatoms. The summed E-state index contributed by atoms with van der Waals surface area (Å²) in [6.45, 7) is 7.52. The molecule has 0 spiro atoms. The zero-order chi connectivity index (χ0) is 25.3. The van der Waals surface area contributed by atoms with E-state index in [0.717, 1.165) is 30.0 Å². The molecule has 1 aromatic heterocycles. The lowest BCUT2D eigenvalue weighted by Gasteiger charge is -2.39. The Hall–Kier alpha value is -3.40. The molecule has 3 aromatic rings. The van der Waals surface area contributed by atoms with Crippen molar-refractivity contribution in [3.05, 3.63) is 77.1 Å². The third-order valence-corrected chi connectivity index (χ3v) is 7.33. The summed E-state index contributed by atoms with van der Waals surface area (Å²) >= 11 is 5.99. The maximum atomic E-state index is 12.5. The van der Waals surface area contributed by atoms with Crippen molar-refractivity contribution in [2.24, 2.45) is 11.7 Å². The van der Waals surface area contributed by atoms with Crippen LogP contribution in [0.15, 0.2) is 55.1 Å². The van der Waals surface area contributed by atoms with Gasteiger partial charge in [-0.25, -0.2) is 0 Å². The van der Waals surface area contributed by atoms with Gasteiger partial charge in [-0.15, -0.1) is 5.10 Å². The first-order chi connectivity index (χ1) is 17.3. The quantitative estimate of drug-likeness (QED) is 0.387. The number of nitrogens with zero attached hydrogens (tertiary/aromatic N) is 4. The van der Waals surface area contributed by atoms with Crippen LogP contribution in [0, 0.1) is 5.92 Å². The lowest BCUT2D eigenvalue weighted by Crippen LogP contribution is -2.52. The van der Waals surface area contributed by atoms with Crippen LogP contribution < -0.4 is 11.1 Å². The molecule has 0 bridgehead atoms. The van der Waals surface area contributed by atoms with Crippen LogP contribution in [-0.4, -0.2) is 68.7 Å². The minimum absolute atomic E-state index is 0.0206. The first-order valence-corrected chi connectivity index (χ1v) is 12.4. The molecule has 2 fully saturated rings. The van der Waals surface area contributed by atoms with Gasteiger partial charge in [-0.3, -0.25) is 9.89 Å². The second-order valence-corrected chi connectivity index (χ2v) is 9.93. The highest BCUT2D eigenvalue weighted by Crippen LogP contribution is 2.35. The number of rotatable bonds is 7. The number of piperidine rings is 1. The number of likely N-dealkylation sites (tertiary alicyclic amines) is 2. The summed E-state index contributed by atoms with van der Waals surface area (Å²) in [5.41, 5.74) is 7.78. The molecule has 36 heavy (non-hydrogen) atoms. The topological polar surface area (TPSA) is 123 Å². The number of nitrogens with two attached hydrogens (primary N) is 1. The molecule has 2 aliphatic heterocycles. The Labute approximate surface area is 215 Å². The molecule has 0 aliphatic carbocycles. The number of H-pyrrole nitrogens is 1. The maximum Gasteiger partial charge on any atom is 0.253 e. The molecule has 0 unspecified atom stereocenters. The van der Waals surface area contributed by atoms with Crippen molar-refractivity contribution in [1.29, 1.82) is 0 Å². The Balaban J connectivity index is 1.16. The van der Waals surface area contributed by atoms with E-state index < -0.39 is 5.60 Å². The maximum absolute atomic E-state index is 12.5. The van der Waals surface area contributed by atoms with Crippen LogP contribution in [0.4, 0.5) is 11.6 Å². The Morgan fingerprint density at radius 3 is 2.44 bits per heavy atom. The number of hydrogen-bond donors (Lipinski definition) is 4. The number of nitrogens with one attached hydrogen (secondary N) is 2. The Morgan fingerprint density at radius 1 is 1.14 bits per heavy atom. The van der Waals surface area contributed by atoms with Crippen LogP contribution in [0.2, 0.25) is 5.02 Å². The van der Waals surface area contributed by atoms with Crippen LogP contribution in [-0.2, 0) is 5.60 Å². The number of aromatic amines is 1. The fourth-order valence-corrected chi connectivity index (χ4v) is 4.81. The van der Waals surface area contributed by atoms with E-state index in [1.807, 2.05) is 29.2 Å². The lowest BCUT2D eigenvalue weighted by molar-refractivity contribution is -0.0140. The number of carbonyl (C=O) groups is 1. The number of aliphatic hydroxyl groups is 1. The second kappa shape index (κ2) is 9.93. The minimum atomic E-state index is -0.884. The van der Waals surface area contributed by atoms with Crippen LogP contribution in [0.1, 0.15) is 34.6 Å². The van der Waals surface area contributed by atoms with Gasteiger partial charge in [-0.1, -0.05) is 30.3 Å². The van der Waals surface area contributed by atoms with Crippen molar-refractivity contribution >= 4 is 34.8 Å². The number of aromatic nitrogens is 3. The van der Waals surface area contributed by atoms with Gasteiger partial charge in [0, 0.05) is 48.4 Å². The normalized spacial score (nSPS) is 17.5. The largest absolute Gasteiger partial charge is 0.385 e. The molecule has 1 amide bonds. The average molecular weight is 508 g/mol. The van der Waals surface area contributed by atoms with Gasteiger partial charge in [0.05, 0.1) is 11.3 Å². The highest BCUT2D eigenvalue weighted by Gasteiger charge is 2.35. The molecule has 2 aromatic carbocycles. The van der Waals surface area contributed by atoms with E-state index in [2.05, 4.69) is 32.0 Å². The summed E-state index contributed by atoms with van der Waals surface area (Å²) < 4.78 is 0. The first kappa shape index (κ1) is 24.3.